The predicted octanol–water partition coefficient (Wildman–Crippen LogP) is 2.83. The van der Waals surface area contributed by atoms with Gasteiger partial charge in [0.15, 0.2) is 0 Å². The Bertz CT molecular complexity index is 412. The second-order valence-electron chi connectivity index (χ2n) is 7.84. The monoisotopic (exact) mass is 355 g/mol. The van der Waals surface area contributed by atoms with Crippen LogP contribution in [0.1, 0.15) is 71.1 Å². The lowest BCUT2D eigenvalue weighted by atomic mass is 10.0. The largest absolute Gasteiger partial charge is 0.544 e. The summed E-state index contributed by atoms with van der Waals surface area (Å²) in [5.74, 6) is -1.24. The Labute approximate surface area is 153 Å². The lowest BCUT2D eigenvalue weighted by molar-refractivity contribution is -0.889. The van der Waals surface area contributed by atoms with Gasteiger partial charge in [-0.1, -0.05) is 51.5 Å². The number of carbonyl (C=O) groups is 2. The van der Waals surface area contributed by atoms with Crippen molar-refractivity contribution in [2.45, 2.75) is 77.2 Å². The highest BCUT2D eigenvalue weighted by Crippen LogP contribution is 2.15. The van der Waals surface area contributed by atoms with E-state index in [1.165, 1.54) is 25.7 Å². The fourth-order valence-corrected chi connectivity index (χ4v) is 2.79. The zero-order chi connectivity index (χ0) is 19.3. The number of quaternary nitrogens is 1. The molecule has 0 aliphatic heterocycles. The molecule has 0 saturated heterocycles. The van der Waals surface area contributed by atoms with Crippen LogP contribution in [-0.2, 0) is 14.3 Å². The Hall–Kier alpha value is -1.36. The summed E-state index contributed by atoms with van der Waals surface area (Å²) in [6.07, 6.45) is 10.7. The smallest absolute Gasteiger partial charge is 0.333 e. The summed E-state index contributed by atoms with van der Waals surface area (Å²) in [7, 11) is 5.71. The highest BCUT2D eigenvalue weighted by Gasteiger charge is 2.24. The fourth-order valence-electron chi connectivity index (χ4n) is 2.79. The molecule has 0 bridgehead atoms. The SMILES string of the molecule is C=C(C)C(=O)OCCCCCCCCCCCC(C(=O)[O-])[N+](C)(C)C. The molecule has 1 unspecified atom stereocenters. The van der Waals surface area contributed by atoms with Crippen LogP contribution in [0.15, 0.2) is 12.2 Å². The van der Waals surface area contributed by atoms with Crippen molar-refractivity contribution in [1.82, 2.24) is 0 Å². The maximum Gasteiger partial charge on any atom is 0.333 e. The van der Waals surface area contributed by atoms with Crippen LogP contribution in [0.25, 0.3) is 0 Å². The topological polar surface area (TPSA) is 66.4 Å². The van der Waals surface area contributed by atoms with E-state index < -0.39 is 12.0 Å². The van der Waals surface area contributed by atoms with Crippen molar-refractivity contribution in [3.8, 4) is 0 Å². The second kappa shape index (κ2) is 12.9. The summed E-state index contributed by atoms with van der Waals surface area (Å²) >= 11 is 0. The lowest BCUT2D eigenvalue weighted by Gasteiger charge is -2.34. The number of carbonyl (C=O) groups excluding carboxylic acids is 2. The number of carboxylic acid groups (broad SMARTS) is 1. The van der Waals surface area contributed by atoms with Crippen molar-refractivity contribution in [1.29, 1.82) is 0 Å². The first-order valence-electron chi connectivity index (χ1n) is 9.51. The Balaban J connectivity index is 3.46. The van der Waals surface area contributed by atoms with E-state index >= 15 is 0 Å². The molecule has 0 spiro atoms. The Morgan fingerprint density at radius 1 is 0.920 bits per heavy atom. The Kier molecular flexibility index (Phi) is 12.2. The Morgan fingerprint density at radius 2 is 1.36 bits per heavy atom. The molecule has 5 nitrogen and oxygen atoms in total. The second-order valence-corrected chi connectivity index (χ2v) is 7.84. The molecule has 25 heavy (non-hydrogen) atoms. The zero-order valence-electron chi connectivity index (χ0n) is 16.6. The van der Waals surface area contributed by atoms with Crippen molar-refractivity contribution in [3.63, 3.8) is 0 Å². The molecule has 0 radical (unpaired) electrons. The van der Waals surface area contributed by atoms with E-state index in [4.69, 9.17) is 4.74 Å². The van der Waals surface area contributed by atoms with Gasteiger partial charge in [-0.3, -0.25) is 0 Å². The molecule has 0 heterocycles. The number of aliphatic carboxylic acids is 1. The first-order valence-corrected chi connectivity index (χ1v) is 9.51. The van der Waals surface area contributed by atoms with E-state index in [-0.39, 0.29) is 5.97 Å². The summed E-state index contributed by atoms with van der Waals surface area (Å²) in [6, 6.07) is -0.418. The van der Waals surface area contributed by atoms with Gasteiger partial charge in [0.05, 0.1) is 33.7 Å². The molecule has 0 aliphatic carbocycles. The number of rotatable bonds is 15. The summed E-state index contributed by atoms with van der Waals surface area (Å²) in [5, 5.41) is 11.2. The van der Waals surface area contributed by atoms with Crippen LogP contribution in [0, 0.1) is 0 Å². The quantitative estimate of drug-likeness (QED) is 0.196. The zero-order valence-corrected chi connectivity index (χ0v) is 16.6. The van der Waals surface area contributed by atoms with Crippen LogP contribution in [0.3, 0.4) is 0 Å². The fraction of sp³-hybridized carbons (Fsp3) is 0.800. The predicted molar refractivity (Wildman–Crippen MR) is 98.8 cm³/mol. The first kappa shape index (κ1) is 23.6. The Morgan fingerprint density at radius 3 is 1.76 bits per heavy atom. The van der Waals surface area contributed by atoms with E-state index in [9.17, 15) is 14.7 Å². The number of ether oxygens (including phenoxy) is 1. The first-order chi connectivity index (χ1) is 11.7. The average Bonchev–Trinajstić information content (AvgIpc) is 2.49. The van der Waals surface area contributed by atoms with E-state index in [0.717, 1.165) is 32.1 Å². The molecule has 5 heteroatoms. The third kappa shape index (κ3) is 12.6. The van der Waals surface area contributed by atoms with Crippen molar-refractivity contribution < 1.29 is 23.9 Å². The van der Waals surface area contributed by atoms with E-state index in [2.05, 4.69) is 6.58 Å². The van der Waals surface area contributed by atoms with E-state index in [1.807, 2.05) is 21.1 Å². The van der Waals surface area contributed by atoms with Crippen LogP contribution in [0.4, 0.5) is 0 Å². The number of hydrogen-bond donors (Lipinski definition) is 0. The molecule has 0 N–H and O–H groups in total. The standard InChI is InChI=1S/C20H37NO4/c1-17(2)20(24)25-16-14-12-10-8-6-7-9-11-13-15-18(19(22)23)21(3,4)5/h18H,1,6-16H2,2-5H3. The number of unbranched alkanes of at least 4 members (excludes halogenated alkanes) is 8. The van der Waals surface area contributed by atoms with Crippen LogP contribution >= 0.6 is 0 Å². The number of hydrogen-bond acceptors (Lipinski definition) is 4. The summed E-state index contributed by atoms with van der Waals surface area (Å²) in [5.41, 5.74) is 0.451. The van der Waals surface area contributed by atoms with Gasteiger partial charge in [0.1, 0.15) is 6.04 Å². The van der Waals surface area contributed by atoms with Gasteiger partial charge in [0, 0.05) is 12.0 Å². The summed E-state index contributed by atoms with van der Waals surface area (Å²) in [4.78, 5) is 22.3. The minimum atomic E-state index is -0.943. The van der Waals surface area contributed by atoms with Crippen molar-refractivity contribution >= 4 is 11.9 Å². The van der Waals surface area contributed by atoms with Crippen molar-refractivity contribution in [2.75, 3.05) is 27.7 Å². The maximum absolute atomic E-state index is 11.2. The van der Waals surface area contributed by atoms with Gasteiger partial charge < -0.3 is 19.1 Å². The van der Waals surface area contributed by atoms with Crippen LogP contribution in [-0.4, -0.2) is 50.2 Å². The molecule has 0 fully saturated rings. The molecule has 0 aromatic rings. The van der Waals surface area contributed by atoms with Gasteiger partial charge in [-0.05, 0) is 19.8 Å². The molecular weight excluding hydrogens is 318 g/mol. The lowest BCUT2D eigenvalue weighted by Crippen LogP contribution is -2.54. The molecule has 0 aromatic carbocycles. The molecule has 146 valence electrons. The highest BCUT2D eigenvalue weighted by molar-refractivity contribution is 5.86. The number of carboxylic acids is 1. The highest BCUT2D eigenvalue weighted by atomic mass is 16.5. The number of nitrogens with zero attached hydrogens (tertiary/aromatic N) is 1. The molecule has 0 aromatic heterocycles. The molecule has 0 rings (SSSR count). The number of likely N-dealkylation sites (N-methyl/N-ethyl adjacent to an activating group) is 1. The molecule has 0 amide bonds. The third-order valence-electron chi connectivity index (χ3n) is 4.41. The number of esters is 1. The van der Waals surface area contributed by atoms with Gasteiger partial charge in [-0.2, -0.15) is 0 Å². The van der Waals surface area contributed by atoms with E-state index in [0.29, 0.717) is 23.1 Å². The van der Waals surface area contributed by atoms with Crippen LogP contribution in [0.2, 0.25) is 0 Å². The maximum atomic E-state index is 11.2. The van der Waals surface area contributed by atoms with Gasteiger partial charge in [-0.25, -0.2) is 4.79 Å². The van der Waals surface area contributed by atoms with E-state index in [1.54, 1.807) is 6.92 Å². The van der Waals surface area contributed by atoms with Crippen molar-refractivity contribution in [2.24, 2.45) is 0 Å². The average molecular weight is 356 g/mol. The van der Waals surface area contributed by atoms with Gasteiger partial charge in [0.25, 0.3) is 0 Å². The van der Waals surface area contributed by atoms with Crippen molar-refractivity contribution in [3.05, 3.63) is 12.2 Å². The normalized spacial score (nSPS) is 12.6. The molecule has 0 saturated carbocycles. The molecule has 0 aliphatic rings. The van der Waals surface area contributed by atoms with Gasteiger partial charge in [-0.15, -0.1) is 0 Å². The molecular formula is C20H37NO4. The summed E-state index contributed by atoms with van der Waals surface area (Å²) in [6.45, 7) is 5.69. The summed E-state index contributed by atoms with van der Waals surface area (Å²) < 4.78 is 5.47. The minimum Gasteiger partial charge on any atom is -0.544 e. The van der Waals surface area contributed by atoms with Crippen LogP contribution < -0.4 is 5.11 Å². The molecule has 1 atom stereocenters. The minimum absolute atomic E-state index is 0.300. The van der Waals surface area contributed by atoms with Gasteiger partial charge in [0.2, 0.25) is 0 Å². The van der Waals surface area contributed by atoms with Crippen LogP contribution in [0.5, 0.6) is 0 Å². The van der Waals surface area contributed by atoms with Gasteiger partial charge >= 0.3 is 5.97 Å². The third-order valence-corrected chi connectivity index (χ3v) is 4.41.